The third-order valence-corrected chi connectivity index (χ3v) is 6.13. The van der Waals surface area contributed by atoms with Gasteiger partial charge in [-0.05, 0) is 71.8 Å². The number of carbonyl (C=O) groups excluding carboxylic acids is 2. The highest BCUT2D eigenvalue weighted by Gasteiger charge is 2.13. The average molecular weight is 443 g/mol. The maximum Gasteiger partial charge on any atom is 0.338 e. The van der Waals surface area contributed by atoms with Crippen molar-refractivity contribution in [2.45, 2.75) is 24.2 Å². The normalized spacial score (nSPS) is 11.1. The van der Waals surface area contributed by atoms with Crippen molar-refractivity contribution in [2.75, 3.05) is 13.2 Å². The molecule has 2 N–H and O–H groups in total. The fraction of sp³-hybridized carbons (Fsp3) is 0.200. The molecule has 154 valence electrons. The number of benzene rings is 2. The van der Waals surface area contributed by atoms with Gasteiger partial charge in [0.05, 0.1) is 46.4 Å². The lowest BCUT2D eigenvalue weighted by Gasteiger charge is -2.00. The summed E-state index contributed by atoms with van der Waals surface area (Å²) in [7, 11) is 2.81. The lowest BCUT2D eigenvalue weighted by Crippen LogP contribution is -2.04. The summed E-state index contributed by atoms with van der Waals surface area (Å²) in [6, 6.07) is 10.4. The van der Waals surface area contributed by atoms with Crippen molar-refractivity contribution >= 4 is 55.6 Å². The molecule has 0 aliphatic carbocycles. The van der Waals surface area contributed by atoms with Crippen LogP contribution < -0.4 is 0 Å². The zero-order valence-electron chi connectivity index (χ0n) is 16.2. The maximum absolute atomic E-state index is 11.9. The Morgan fingerprint density at radius 3 is 1.63 bits per heavy atom. The van der Waals surface area contributed by atoms with E-state index in [0.29, 0.717) is 34.7 Å². The average Bonchev–Trinajstić information content (AvgIpc) is 3.34. The van der Waals surface area contributed by atoms with Crippen LogP contribution in [0.4, 0.5) is 0 Å². The Morgan fingerprint density at radius 1 is 0.800 bits per heavy atom. The van der Waals surface area contributed by atoms with Gasteiger partial charge in [0.1, 0.15) is 0 Å². The van der Waals surface area contributed by atoms with Crippen molar-refractivity contribution in [2.24, 2.45) is 0 Å². The number of nitrogens with one attached hydrogen (secondary N) is 2. The molecule has 0 bridgehead atoms. The van der Waals surface area contributed by atoms with Crippen molar-refractivity contribution in [1.29, 1.82) is 0 Å². The number of imidazole rings is 2. The third kappa shape index (κ3) is 4.29. The molecule has 0 radical (unpaired) electrons. The van der Waals surface area contributed by atoms with E-state index in [1.54, 1.807) is 50.2 Å². The summed E-state index contributed by atoms with van der Waals surface area (Å²) in [4.78, 5) is 39.2. The van der Waals surface area contributed by atoms with Gasteiger partial charge in [-0.25, -0.2) is 19.6 Å². The summed E-state index contributed by atoms with van der Waals surface area (Å²) >= 11 is 0. The highest BCUT2D eigenvalue weighted by Crippen LogP contribution is 2.36. The summed E-state index contributed by atoms with van der Waals surface area (Å²) in [5.74, 6) is -0.718. The molecule has 4 aromatic rings. The minimum Gasteiger partial charge on any atom is -0.462 e. The molecule has 0 aliphatic heterocycles. The molecule has 30 heavy (non-hydrogen) atoms. The van der Waals surface area contributed by atoms with Crippen molar-refractivity contribution in [3.8, 4) is 0 Å². The smallest absolute Gasteiger partial charge is 0.338 e. The summed E-state index contributed by atoms with van der Waals surface area (Å²) in [6.07, 6.45) is 0. The van der Waals surface area contributed by atoms with Gasteiger partial charge in [0.25, 0.3) is 0 Å². The first kappa shape index (κ1) is 20.3. The number of hydrogen-bond acceptors (Lipinski definition) is 8. The summed E-state index contributed by atoms with van der Waals surface area (Å²) in [5.41, 5.74) is 3.99. The molecule has 2 aromatic carbocycles. The highest BCUT2D eigenvalue weighted by atomic mass is 33.1. The Kier molecular flexibility index (Phi) is 5.96. The molecule has 0 saturated carbocycles. The maximum atomic E-state index is 11.9. The molecule has 0 unspecified atom stereocenters. The zero-order chi connectivity index (χ0) is 21.1. The molecule has 0 amide bonds. The van der Waals surface area contributed by atoms with E-state index in [1.165, 1.54) is 21.6 Å². The van der Waals surface area contributed by atoms with Crippen molar-refractivity contribution < 1.29 is 19.1 Å². The number of aromatic amines is 2. The van der Waals surface area contributed by atoms with E-state index in [1.807, 2.05) is 0 Å². The van der Waals surface area contributed by atoms with Crippen LogP contribution >= 0.6 is 21.6 Å². The number of fused-ring (bicyclic) bond motifs is 2. The van der Waals surface area contributed by atoms with E-state index in [-0.39, 0.29) is 11.9 Å². The van der Waals surface area contributed by atoms with Gasteiger partial charge in [0, 0.05) is 0 Å². The minimum atomic E-state index is -0.359. The number of ether oxygens (including phenoxy) is 2. The Balaban J connectivity index is 1.48. The minimum absolute atomic E-state index is 0.330. The van der Waals surface area contributed by atoms with Crippen molar-refractivity contribution in [3.05, 3.63) is 47.5 Å². The van der Waals surface area contributed by atoms with Gasteiger partial charge in [0.15, 0.2) is 10.3 Å². The molecule has 2 heterocycles. The molecular weight excluding hydrogens is 424 g/mol. The Bertz CT molecular complexity index is 1140. The molecule has 8 nitrogen and oxygen atoms in total. The molecule has 0 spiro atoms. The molecule has 0 atom stereocenters. The van der Waals surface area contributed by atoms with Crippen molar-refractivity contribution in [3.63, 3.8) is 0 Å². The predicted octanol–water partition coefficient (Wildman–Crippen LogP) is 4.59. The largest absolute Gasteiger partial charge is 0.462 e. The molecular formula is C20H18N4O4S2. The van der Waals surface area contributed by atoms with Gasteiger partial charge in [-0.15, -0.1) is 0 Å². The van der Waals surface area contributed by atoms with Crippen LogP contribution in [0.25, 0.3) is 22.1 Å². The second-order valence-electron chi connectivity index (χ2n) is 6.16. The second kappa shape index (κ2) is 8.80. The number of hydrogen-bond donors (Lipinski definition) is 2. The summed E-state index contributed by atoms with van der Waals surface area (Å²) in [5, 5.41) is 1.37. The SMILES string of the molecule is CCOC(=O)c1ccc2nc(SSc3nc4ccc(C(=O)OCC)cc4[nH]3)[nH]c2c1. The topological polar surface area (TPSA) is 110 Å². The first-order chi connectivity index (χ1) is 14.6. The first-order valence-corrected chi connectivity index (χ1v) is 11.4. The Hall–Kier alpha value is -2.98. The van der Waals surface area contributed by atoms with Crippen LogP contribution in [-0.2, 0) is 9.47 Å². The van der Waals surface area contributed by atoms with Crippen LogP contribution in [0.3, 0.4) is 0 Å². The van der Waals surface area contributed by atoms with Crippen LogP contribution in [0.1, 0.15) is 34.6 Å². The molecule has 4 rings (SSSR count). The van der Waals surface area contributed by atoms with Gasteiger partial charge >= 0.3 is 11.9 Å². The number of esters is 2. The van der Waals surface area contributed by atoms with E-state index in [9.17, 15) is 9.59 Å². The van der Waals surface area contributed by atoms with Crippen LogP contribution in [0.5, 0.6) is 0 Å². The fourth-order valence-corrected chi connectivity index (χ4v) is 4.49. The summed E-state index contributed by atoms with van der Waals surface area (Å²) < 4.78 is 10.1. The first-order valence-electron chi connectivity index (χ1n) is 9.25. The van der Waals surface area contributed by atoms with Crippen LogP contribution in [0.2, 0.25) is 0 Å². The third-order valence-electron chi connectivity index (χ3n) is 4.14. The van der Waals surface area contributed by atoms with Gasteiger partial charge in [-0.3, -0.25) is 0 Å². The van der Waals surface area contributed by atoms with Gasteiger partial charge in [0.2, 0.25) is 0 Å². The van der Waals surface area contributed by atoms with E-state index >= 15 is 0 Å². The second-order valence-corrected chi connectivity index (χ2v) is 8.26. The predicted molar refractivity (Wildman–Crippen MR) is 116 cm³/mol. The standard InChI is InChI=1S/C20H18N4O4S2/c1-3-27-17(25)11-5-7-13-15(9-11)23-19(21-13)29-30-20-22-14-8-6-12(10-16(14)24-20)18(26)28-4-2/h5-10H,3-4H2,1-2H3,(H,21,23)(H,22,24). The highest BCUT2D eigenvalue weighted by molar-refractivity contribution is 8.76. The van der Waals surface area contributed by atoms with E-state index in [2.05, 4.69) is 19.9 Å². The lowest BCUT2D eigenvalue weighted by molar-refractivity contribution is 0.0517. The van der Waals surface area contributed by atoms with Crippen LogP contribution in [0, 0.1) is 0 Å². The quantitative estimate of drug-likeness (QED) is 0.316. The number of rotatable bonds is 7. The Morgan fingerprint density at radius 2 is 1.23 bits per heavy atom. The van der Waals surface area contributed by atoms with Gasteiger partial charge in [-0.1, -0.05) is 0 Å². The number of carbonyl (C=O) groups is 2. The van der Waals surface area contributed by atoms with Gasteiger partial charge < -0.3 is 19.4 Å². The fourth-order valence-electron chi connectivity index (χ4n) is 2.81. The monoisotopic (exact) mass is 442 g/mol. The lowest BCUT2D eigenvalue weighted by atomic mass is 10.2. The number of H-pyrrole nitrogens is 2. The zero-order valence-corrected chi connectivity index (χ0v) is 17.9. The van der Waals surface area contributed by atoms with E-state index in [0.717, 1.165) is 22.1 Å². The van der Waals surface area contributed by atoms with Gasteiger partial charge in [-0.2, -0.15) is 0 Å². The molecule has 0 saturated heterocycles. The molecule has 0 fully saturated rings. The number of aromatic nitrogens is 4. The Labute approximate surface area is 179 Å². The molecule has 0 aliphatic rings. The van der Waals surface area contributed by atoms with E-state index < -0.39 is 0 Å². The van der Waals surface area contributed by atoms with Crippen molar-refractivity contribution in [1.82, 2.24) is 19.9 Å². The molecule has 10 heteroatoms. The number of nitrogens with zero attached hydrogens (tertiary/aromatic N) is 2. The summed E-state index contributed by atoms with van der Waals surface area (Å²) in [6.45, 7) is 4.20. The van der Waals surface area contributed by atoms with Crippen LogP contribution in [0.15, 0.2) is 46.7 Å². The molecule has 2 aromatic heterocycles. The van der Waals surface area contributed by atoms with Crippen LogP contribution in [-0.4, -0.2) is 45.1 Å². The van der Waals surface area contributed by atoms with E-state index in [4.69, 9.17) is 9.47 Å².